The van der Waals surface area contributed by atoms with Crippen LogP contribution in [0.15, 0.2) is 23.1 Å². The first kappa shape index (κ1) is 16.4. The summed E-state index contributed by atoms with van der Waals surface area (Å²) in [5.74, 6) is 0. The minimum Gasteiger partial charge on any atom is -0.316 e. The minimum atomic E-state index is -3.39. The Morgan fingerprint density at radius 1 is 1.19 bits per heavy atom. The summed E-state index contributed by atoms with van der Waals surface area (Å²) < 4.78 is 27.3. The summed E-state index contributed by atoms with van der Waals surface area (Å²) in [6.07, 6.45) is 0. The van der Waals surface area contributed by atoms with E-state index in [-0.39, 0.29) is 0 Å². The Morgan fingerprint density at radius 3 is 2.43 bits per heavy atom. The van der Waals surface area contributed by atoms with E-state index in [1.54, 1.807) is 10.4 Å². The first-order chi connectivity index (χ1) is 9.98. The molecule has 1 heterocycles. The highest BCUT2D eigenvalue weighted by Gasteiger charge is 2.29. The van der Waals surface area contributed by atoms with Crippen LogP contribution in [0.5, 0.6) is 0 Å². The molecule has 1 saturated heterocycles. The fourth-order valence-corrected chi connectivity index (χ4v) is 4.36. The summed E-state index contributed by atoms with van der Waals surface area (Å²) in [4.78, 5) is 2.72. The minimum absolute atomic E-state index is 0.445. The Morgan fingerprint density at radius 2 is 1.86 bits per heavy atom. The fraction of sp³-hybridized carbons (Fsp3) is 0.600. The zero-order valence-electron chi connectivity index (χ0n) is 13.1. The second kappa shape index (κ2) is 6.87. The predicted molar refractivity (Wildman–Crippen MR) is 84.8 cm³/mol. The van der Waals surface area contributed by atoms with Crippen molar-refractivity contribution in [3.8, 4) is 0 Å². The lowest BCUT2D eigenvalue weighted by Gasteiger charge is -2.33. The summed E-state index contributed by atoms with van der Waals surface area (Å²) in [6, 6.07) is 5.66. The third-order valence-corrected chi connectivity index (χ3v) is 6.07. The quantitative estimate of drug-likeness (QED) is 0.883. The second-order valence-corrected chi connectivity index (χ2v) is 7.37. The Labute approximate surface area is 128 Å². The number of nitrogens with one attached hydrogen (secondary N) is 1. The maximum absolute atomic E-state index is 12.8. The smallest absolute Gasteiger partial charge is 0.243 e. The molecular formula is C15H25N3O2S. The van der Waals surface area contributed by atoms with Gasteiger partial charge in [-0.3, -0.25) is 0 Å². The molecule has 0 unspecified atom stereocenters. The molecule has 0 aromatic heterocycles. The van der Waals surface area contributed by atoms with E-state index in [4.69, 9.17) is 0 Å². The molecule has 2 rings (SSSR count). The molecule has 0 spiro atoms. The van der Waals surface area contributed by atoms with Gasteiger partial charge in [-0.05, 0) is 37.7 Å². The van der Waals surface area contributed by atoms with Crippen molar-refractivity contribution in [1.82, 2.24) is 14.5 Å². The summed E-state index contributed by atoms with van der Waals surface area (Å²) in [5.41, 5.74) is 1.81. The molecule has 1 aliphatic heterocycles. The number of hydrogen-bond donors (Lipinski definition) is 1. The van der Waals surface area contributed by atoms with E-state index in [1.807, 2.05) is 26.1 Å². The van der Waals surface area contributed by atoms with Crippen molar-refractivity contribution < 1.29 is 8.42 Å². The molecule has 6 heteroatoms. The Bertz CT molecular complexity index is 579. The zero-order chi connectivity index (χ0) is 15.5. The number of likely N-dealkylation sites (N-methyl/N-ethyl adjacent to an activating group) is 1. The van der Waals surface area contributed by atoms with E-state index in [0.717, 1.165) is 30.8 Å². The summed E-state index contributed by atoms with van der Waals surface area (Å²) in [7, 11) is -1.53. The Balaban J connectivity index is 2.25. The van der Waals surface area contributed by atoms with Gasteiger partial charge in [-0.25, -0.2) is 8.42 Å². The van der Waals surface area contributed by atoms with E-state index in [2.05, 4.69) is 17.1 Å². The Hall–Kier alpha value is -0.950. The molecule has 0 amide bonds. The molecule has 1 N–H and O–H groups in total. The normalized spacial score (nSPS) is 18.0. The monoisotopic (exact) mass is 311 g/mol. The molecule has 1 aromatic carbocycles. The summed E-state index contributed by atoms with van der Waals surface area (Å²) in [6.45, 7) is 8.39. The van der Waals surface area contributed by atoms with Gasteiger partial charge in [0.1, 0.15) is 0 Å². The van der Waals surface area contributed by atoms with E-state index in [9.17, 15) is 8.42 Å². The average Bonchev–Trinajstić information content (AvgIpc) is 2.49. The van der Waals surface area contributed by atoms with Crippen molar-refractivity contribution in [2.45, 2.75) is 25.3 Å². The van der Waals surface area contributed by atoms with Crippen LogP contribution in [-0.2, 0) is 16.6 Å². The first-order valence-corrected chi connectivity index (χ1v) is 8.89. The number of hydrogen-bond acceptors (Lipinski definition) is 4. The van der Waals surface area contributed by atoms with Gasteiger partial charge in [0, 0.05) is 32.7 Å². The van der Waals surface area contributed by atoms with Crippen LogP contribution in [0.4, 0.5) is 0 Å². The predicted octanol–water partition coefficient (Wildman–Crippen LogP) is 1.04. The second-order valence-electron chi connectivity index (χ2n) is 5.47. The average molecular weight is 311 g/mol. The highest BCUT2D eigenvalue weighted by Crippen LogP contribution is 2.22. The number of aryl methyl sites for hydroxylation is 1. The van der Waals surface area contributed by atoms with Gasteiger partial charge in [0.05, 0.1) is 4.90 Å². The molecular weight excluding hydrogens is 286 g/mol. The maximum atomic E-state index is 12.8. The third kappa shape index (κ3) is 3.63. The van der Waals surface area contributed by atoms with Gasteiger partial charge in [0.25, 0.3) is 0 Å². The molecule has 1 aliphatic rings. The molecule has 0 bridgehead atoms. The molecule has 0 saturated carbocycles. The van der Waals surface area contributed by atoms with Gasteiger partial charge in [-0.2, -0.15) is 4.31 Å². The fourth-order valence-electron chi connectivity index (χ4n) is 2.66. The maximum Gasteiger partial charge on any atom is 0.243 e. The van der Waals surface area contributed by atoms with Crippen LogP contribution in [0.25, 0.3) is 0 Å². The molecule has 0 aliphatic carbocycles. The van der Waals surface area contributed by atoms with Gasteiger partial charge >= 0.3 is 0 Å². The van der Waals surface area contributed by atoms with Crippen molar-refractivity contribution in [2.75, 3.05) is 39.8 Å². The zero-order valence-corrected chi connectivity index (χ0v) is 13.9. The van der Waals surface area contributed by atoms with E-state index in [1.165, 1.54) is 0 Å². The first-order valence-electron chi connectivity index (χ1n) is 7.45. The summed E-state index contributed by atoms with van der Waals surface area (Å²) >= 11 is 0. The number of sulfonamides is 1. The van der Waals surface area contributed by atoms with Gasteiger partial charge in [-0.1, -0.05) is 19.1 Å². The third-order valence-electron chi connectivity index (χ3n) is 4.03. The van der Waals surface area contributed by atoms with Crippen LogP contribution < -0.4 is 5.32 Å². The number of nitrogens with zero attached hydrogens (tertiary/aromatic N) is 2. The van der Waals surface area contributed by atoms with Gasteiger partial charge in [0.15, 0.2) is 0 Å². The molecule has 21 heavy (non-hydrogen) atoms. The van der Waals surface area contributed by atoms with E-state index < -0.39 is 10.0 Å². The number of piperazine rings is 1. The molecule has 1 aromatic rings. The largest absolute Gasteiger partial charge is 0.316 e. The topological polar surface area (TPSA) is 52.7 Å². The van der Waals surface area contributed by atoms with Gasteiger partial charge in [-0.15, -0.1) is 0 Å². The van der Waals surface area contributed by atoms with Crippen molar-refractivity contribution in [3.63, 3.8) is 0 Å². The van der Waals surface area contributed by atoms with Crippen LogP contribution in [-0.4, -0.2) is 57.4 Å². The Kier molecular flexibility index (Phi) is 5.37. The van der Waals surface area contributed by atoms with Gasteiger partial charge < -0.3 is 10.2 Å². The van der Waals surface area contributed by atoms with Gasteiger partial charge in [0.2, 0.25) is 10.0 Å². The molecule has 118 valence electrons. The lowest BCUT2D eigenvalue weighted by molar-refractivity contribution is 0.196. The van der Waals surface area contributed by atoms with Crippen molar-refractivity contribution in [1.29, 1.82) is 0 Å². The molecule has 5 nitrogen and oxygen atoms in total. The SMILES string of the molecule is CCN1CCN(S(=O)(=O)c2cc(CNC)ccc2C)CC1. The van der Waals surface area contributed by atoms with Crippen molar-refractivity contribution in [3.05, 3.63) is 29.3 Å². The van der Waals surface area contributed by atoms with Crippen molar-refractivity contribution in [2.24, 2.45) is 0 Å². The lowest BCUT2D eigenvalue weighted by atomic mass is 10.1. The van der Waals surface area contributed by atoms with E-state index in [0.29, 0.717) is 24.5 Å². The van der Waals surface area contributed by atoms with Crippen molar-refractivity contribution >= 4 is 10.0 Å². The number of benzene rings is 1. The highest BCUT2D eigenvalue weighted by atomic mass is 32.2. The standard InChI is InChI=1S/C15H25N3O2S/c1-4-17-7-9-18(10-8-17)21(19,20)15-11-14(12-16-3)6-5-13(15)2/h5-6,11,16H,4,7-10,12H2,1-3H3. The summed E-state index contributed by atoms with van der Waals surface area (Å²) in [5, 5.41) is 3.06. The highest BCUT2D eigenvalue weighted by molar-refractivity contribution is 7.89. The number of rotatable bonds is 5. The van der Waals surface area contributed by atoms with Crippen LogP contribution in [0, 0.1) is 6.92 Å². The molecule has 0 atom stereocenters. The van der Waals surface area contributed by atoms with Crippen LogP contribution in [0.3, 0.4) is 0 Å². The van der Waals surface area contributed by atoms with Crippen LogP contribution >= 0.6 is 0 Å². The van der Waals surface area contributed by atoms with E-state index >= 15 is 0 Å². The van der Waals surface area contributed by atoms with Crippen LogP contribution in [0.2, 0.25) is 0 Å². The van der Waals surface area contributed by atoms with Crippen LogP contribution in [0.1, 0.15) is 18.1 Å². The lowest BCUT2D eigenvalue weighted by Crippen LogP contribution is -2.48. The molecule has 1 fully saturated rings. The molecule has 0 radical (unpaired) electrons.